The Bertz CT molecular complexity index is 1860. The van der Waals surface area contributed by atoms with Crippen molar-refractivity contribution in [3.8, 4) is 56.9 Å². The van der Waals surface area contributed by atoms with Gasteiger partial charge in [-0.15, -0.1) is 0 Å². The molecule has 0 unspecified atom stereocenters. The summed E-state index contributed by atoms with van der Waals surface area (Å²) in [5, 5.41) is 27.1. The number of halogens is 2. The molecule has 0 amide bonds. The lowest BCUT2D eigenvalue weighted by molar-refractivity contribution is 0.0679. The number of ether oxygens (including phenoxy) is 4. The van der Waals surface area contributed by atoms with E-state index in [0.29, 0.717) is 45.5 Å². The molecule has 0 bridgehead atoms. The average molecular weight is 1080 g/mol. The van der Waals surface area contributed by atoms with Crippen LogP contribution in [-0.4, -0.2) is 70.2 Å². The van der Waals surface area contributed by atoms with E-state index in [4.69, 9.17) is 18.9 Å². The van der Waals surface area contributed by atoms with E-state index in [1.165, 1.54) is 12.1 Å². The number of para-hydroxylation sites is 2. The van der Waals surface area contributed by atoms with E-state index < -0.39 is 11.9 Å². The Morgan fingerprint density at radius 1 is 0.435 bits per heavy atom. The summed E-state index contributed by atoms with van der Waals surface area (Å²) >= 11 is 4.24. The van der Waals surface area contributed by atoms with Crippen LogP contribution in [0.3, 0.4) is 0 Å². The molecule has 14 heteroatoms. The van der Waals surface area contributed by atoms with Gasteiger partial charge in [-0.1, -0.05) is 132 Å². The number of carbonyl (C=O) groups is 2. The van der Waals surface area contributed by atoms with Gasteiger partial charge in [-0.05, 0) is 60.7 Å². The first kappa shape index (κ1) is 61.2. The smallest absolute Gasteiger partial charge is 0.356 e. The number of hydrogen-bond acceptors (Lipinski definition) is 8. The minimum Gasteiger partial charge on any atom is -0.496 e. The molecule has 2 aromatic heterocycles. The molecule has 342 valence electrons. The number of aromatic carboxylic acids is 2. The Kier molecular flexibility index (Phi) is 37.2. The summed E-state index contributed by atoms with van der Waals surface area (Å²) < 4.78 is 24.9. The molecule has 0 fully saturated rings. The van der Waals surface area contributed by atoms with Gasteiger partial charge in [0, 0.05) is 37.2 Å². The zero-order valence-electron chi connectivity index (χ0n) is 39.3. The van der Waals surface area contributed by atoms with Gasteiger partial charge in [-0.25, -0.2) is 19.0 Å². The highest BCUT2D eigenvalue weighted by Gasteiger charge is 2.23. The second kappa shape index (κ2) is 37.6. The largest absolute Gasteiger partial charge is 0.496 e. The maximum absolute atomic E-state index is 11.4. The summed E-state index contributed by atoms with van der Waals surface area (Å²) in [4.78, 5) is 22.8. The molecule has 0 aliphatic carbocycles. The second-order valence-corrected chi connectivity index (χ2v) is 10.0. The van der Waals surface area contributed by atoms with Crippen LogP contribution in [0, 0.1) is 0 Å². The molecule has 0 aliphatic rings. The minimum atomic E-state index is -1.10. The molecule has 4 aromatic carbocycles. The van der Waals surface area contributed by atoms with Crippen LogP contribution in [-0.2, 0) is 0 Å². The maximum Gasteiger partial charge on any atom is 0.356 e. The zero-order valence-corrected chi connectivity index (χ0v) is 43.6. The summed E-state index contributed by atoms with van der Waals surface area (Å²) in [7, 11) is 6.22. The molecule has 62 heavy (non-hydrogen) atoms. The summed E-state index contributed by atoms with van der Waals surface area (Å²) in [6, 6.07) is 32.4. The molecular formula is C48H68I2N4O8. The summed E-state index contributed by atoms with van der Waals surface area (Å²) in [5.74, 6) is 0.0954. The van der Waals surface area contributed by atoms with E-state index in [1.807, 2.05) is 156 Å². The third kappa shape index (κ3) is 17.7. The average Bonchev–Trinajstić information content (AvgIpc) is 4.03. The number of rotatable bonds is 10. The predicted octanol–water partition coefficient (Wildman–Crippen LogP) is 14.4. The van der Waals surface area contributed by atoms with Gasteiger partial charge in [0.1, 0.15) is 23.0 Å². The van der Waals surface area contributed by atoms with Gasteiger partial charge in [0.25, 0.3) is 0 Å². The van der Waals surface area contributed by atoms with Crippen LogP contribution in [0.15, 0.2) is 109 Å². The molecule has 0 aliphatic heterocycles. The molecule has 6 aromatic rings. The number of carboxylic acids is 2. The zero-order chi connectivity index (χ0) is 48.2. The maximum atomic E-state index is 11.4. The van der Waals surface area contributed by atoms with Crippen LogP contribution < -0.4 is 18.9 Å². The van der Waals surface area contributed by atoms with E-state index in [1.54, 1.807) is 62.1 Å². The van der Waals surface area contributed by atoms with Gasteiger partial charge < -0.3 is 29.2 Å². The molecule has 2 N–H and O–H groups in total. The topological polar surface area (TPSA) is 147 Å². The van der Waals surface area contributed by atoms with Gasteiger partial charge in [-0.2, -0.15) is 10.2 Å². The highest BCUT2D eigenvalue weighted by Crippen LogP contribution is 2.40. The van der Waals surface area contributed by atoms with Gasteiger partial charge in [0.15, 0.2) is 11.4 Å². The van der Waals surface area contributed by atoms with Crippen LogP contribution in [0.25, 0.3) is 33.9 Å². The first-order valence-electron chi connectivity index (χ1n) is 20.7. The van der Waals surface area contributed by atoms with Crippen molar-refractivity contribution in [3.05, 3.63) is 121 Å². The van der Waals surface area contributed by atoms with E-state index in [2.05, 4.69) is 47.4 Å². The Hall–Kier alpha value is -5.10. The quantitative estimate of drug-likeness (QED) is 0.127. The normalized spacial score (nSPS) is 8.74. The molecule has 0 atom stereocenters. The van der Waals surface area contributed by atoms with Gasteiger partial charge >= 0.3 is 11.9 Å². The Labute approximate surface area is 393 Å². The van der Waals surface area contributed by atoms with Crippen LogP contribution in [0.4, 0.5) is 0 Å². The van der Waals surface area contributed by atoms with Crippen molar-refractivity contribution in [2.24, 2.45) is 0 Å². The van der Waals surface area contributed by atoms with E-state index in [9.17, 15) is 19.8 Å². The van der Waals surface area contributed by atoms with Crippen molar-refractivity contribution in [1.29, 1.82) is 0 Å². The van der Waals surface area contributed by atoms with Crippen LogP contribution >= 0.6 is 37.2 Å². The molecule has 6 rings (SSSR count). The Morgan fingerprint density at radius 2 is 0.677 bits per heavy atom. The molecule has 0 saturated carbocycles. The highest BCUT2D eigenvalue weighted by atomic mass is 128. The molecule has 0 radical (unpaired) electrons. The molecule has 2 heterocycles. The SMILES string of the molecule is CC.CC.CC.CC.CC.CC.COc1cccc(OC)c1-c1cc(C(=O)O)nn1-c1ccccc1.COc1cccc(OC)c1-c1cc(C(=O)O)nn1-c1ccccc1.II. The summed E-state index contributed by atoms with van der Waals surface area (Å²) in [6.07, 6.45) is 0. The summed E-state index contributed by atoms with van der Waals surface area (Å²) in [5.41, 5.74) is 3.82. The highest BCUT2D eigenvalue weighted by molar-refractivity contribution is 15.0. The third-order valence-corrected chi connectivity index (χ3v) is 7.23. The van der Waals surface area contributed by atoms with E-state index in [0.717, 1.165) is 11.4 Å². The number of methoxy groups -OCH3 is 4. The second-order valence-electron chi connectivity index (χ2n) is 10.0. The fourth-order valence-corrected chi connectivity index (χ4v) is 5.07. The fraction of sp³-hybridized carbons (Fsp3) is 0.333. The monoisotopic (exact) mass is 1080 g/mol. The van der Waals surface area contributed by atoms with Crippen molar-refractivity contribution < 1.29 is 38.7 Å². The fourth-order valence-electron chi connectivity index (χ4n) is 5.07. The van der Waals surface area contributed by atoms with Gasteiger partial charge in [-0.3, -0.25) is 0 Å². The third-order valence-electron chi connectivity index (χ3n) is 7.23. The molecule has 12 nitrogen and oxygen atoms in total. The standard InChI is InChI=1S/2C18H16N2O4.6C2H6.I2/c2*1-23-15-9-6-10-16(24-2)17(15)14-11-13(18(21)22)19-20(14)12-7-4-3-5-8-12;7*1-2/h2*3-11H,1-2H3,(H,21,22);6*1-2H3;. The van der Waals surface area contributed by atoms with Gasteiger partial charge in [0.2, 0.25) is 0 Å². The molecule has 0 spiro atoms. The Balaban J connectivity index is -0.000000876. The molecular weight excluding hydrogens is 1010 g/mol. The van der Waals surface area contributed by atoms with Crippen molar-refractivity contribution in [2.75, 3.05) is 28.4 Å². The first-order chi connectivity index (χ1) is 30.3. The van der Waals surface area contributed by atoms with Crippen molar-refractivity contribution in [3.63, 3.8) is 0 Å². The predicted molar refractivity (Wildman–Crippen MR) is 274 cm³/mol. The van der Waals surface area contributed by atoms with Gasteiger partial charge in [0.05, 0.1) is 62.3 Å². The van der Waals surface area contributed by atoms with E-state index >= 15 is 0 Å². The van der Waals surface area contributed by atoms with Crippen molar-refractivity contribution in [1.82, 2.24) is 19.6 Å². The Morgan fingerprint density at radius 3 is 0.887 bits per heavy atom. The number of aromatic nitrogens is 4. The number of nitrogens with zero attached hydrogens (tertiary/aromatic N) is 4. The lowest BCUT2D eigenvalue weighted by atomic mass is 10.1. The van der Waals surface area contributed by atoms with Crippen LogP contribution in [0.1, 0.15) is 104 Å². The number of hydrogen-bond donors (Lipinski definition) is 2. The van der Waals surface area contributed by atoms with E-state index in [-0.39, 0.29) is 11.4 Å². The minimum absolute atomic E-state index is 0.0539. The van der Waals surface area contributed by atoms with Crippen molar-refractivity contribution >= 4 is 49.2 Å². The first-order valence-corrected chi connectivity index (χ1v) is 26.9. The number of benzene rings is 4. The van der Waals surface area contributed by atoms with Crippen molar-refractivity contribution in [2.45, 2.75) is 83.1 Å². The van der Waals surface area contributed by atoms with Crippen LogP contribution in [0.2, 0.25) is 0 Å². The molecule has 0 saturated heterocycles. The lowest BCUT2D eigenvalue weighted by Gasteiger charge is -2.14. The summed E-state index contributed by atoms with van der Waals surface area (Å²) in [6.45, 7) is 24.0. The number of carboxylic acid groups (broad SMARTS) is 2. The van der Waals surface area contributed by atoms with Crippen LogP contribution in [0.5, 0.6) is 23.0 Å². The lowest BCUT2D eigenvalue weighted by Crippen LogP contribution is -2.03.